The lowest BCUT2D eigenvalue weighted by atomic mass is 10.00. The molecule has 1 aliphatic carbocycles. The summed E-state index contributed by atoms with van der Waals surface area (Å²) >= 11 is 0. The Labute approximate surface area is 51.7 Å². The van der Waals surface area contributed by atoms with Crippen molar-refractivity contribution in [2.24, 2.45) is 0 Å². The van der Waals surface area contributed by atoms with Crippen LogP contribution in [0.2, 0.25) is 0 Å². The van der Waals surface area contributed by atoms with E-state index in [0.717, 1.165) is 5.66 Å². The average Bonchev–Trinajstić information content (AvgIpc) is 1.30. The monoisotopic (exact) mass is 168 g/mol. The van der Waals surface area contributed by atoms with Gasteiger partial charge in [0, 0.05) is 0 Å². The minimum atomic E-state index is 0. The molecule has 0 radical (unpaired) electrons. The fraction of sp³-hybridized carbons (Fsp3) is 1.00. The highest BCUT2D eigenvalue weighted by Crippen LogP contribution is 2.25. The summed E-state index contributed by atoms with van der Waals surface area (Å²) in [6.45, 7) is 0. The first-order chi connectivity index (χ1) is 2.39. The van der Waals surface area contributed by atoms with E-state index in [4.69, 9.17) is 0 Å². The van der Waals surface area contributed by atoms with Gasteiger partial charge in [-0.25, -0.2) is 0 Å². The number of hydrogen-bond donors (Lipinski definition) is 0. The Balaban J connectivity index is 0.000000250. The zero-order valence-electron chi connectivity index (χ0n) is 3.78. The van der Waals surface area contributed by atoms with Crippen molar-refractivity contribution in [1.29, 1.82) is 0 Å². The molecule has 0 heterocycles. The zero-order valence-corrected chi connectivity index (χ0v) is 6.78. The van der Waals surface area contributed by atoms with Crippen LogP contribution >= 0.6 is 9.24 Å². The molecule has 6 heavy (non-hydrogen) atoms. The predicted molar refractivity (Wildman–Crippen MR) is 28.7 cm³/mol. The van der Waals surface area contributed by atoms with Crippen molar-refractivity contribution < 1.29 is 17.0 Å². The second-order valence-corrected chi connectivity index (χ2v) is 2.95. The third-order valence-electron chi connectivity index (χ3n) is 1.22. The highest BCUT2D eigenvalue weighted by Gasteiger charge is 2.14. The van der Waals surface area contributed by atoms with E-state index in [1.165, 1.54) is 19.3 Å². The lowest BCUT2D eigenvalue weighted by molar-refractivity contribution is -0.000000983. The average molecular weight is 169 g/mol. The van der Waals surface area contributed by atoms with Crippen LogP contribution in [0.5, 0.6) is 0 Å². The van der Waals surface area contributed by atoms with Gasteiger partial charge in [0.2, 0.25) is 0 Å². The Bertz CT molecular complexity index is 34.5. The highest BCUT2D eigenvalue weighted by molar-refractivity contribution is 7.17. The molecule has 0 amide bonds. The van der Waals surface area contributed by atoms with Crippen molar-refractivity contribution in [1.82, 2.24) is 0 Å². The quantitative estimate of drug-likeness (QED) is 0.373. The number of rotatable bonds is 0. The van der Waals surface area contributed by atoms with Gasteiger partial charge in [0.1, 0.15) is 0 Å². The SMILES string of the molecule is [Br-].[PH3+]C1CCC1. The normalized spacial score (nSPS) is 22.0. The molecule has 0 aromatic rings. The van der Waals surface area contributed by atoms with Crippen molar-refractivity contribution in [2.75, 3.05) is 0 Å². The van der Waals surface area contributed by atoms with E-state index in [-0.39, 0.29) is 17.0 Å². The van der Waals surface area contributed by atoms with Gasteiger partial charge in [-0.15, -0.1) is 0 Å². The molecule has 1 saturated carbocycles. The van der Waals surface area contributed by atoms with Crippen LogP contribution in [0.15, 0.2) is 0 Å². The highest BCUT2D eigenvalue weighted by atomic mass is 79.9. The zero-order chi connectivity index (χ0) is 3.70. The van der Waals surface area contributed by atoms with Gasteiger partial charge in [0.05, 0.1) is 5.66 Å². The maximum atomic E-state index is 2.14. The summed E-state index contributed by atoms with van der Waals surface area (Å²) in [6.07, 6.45) is 4.49. The van der Waals surface area contributed by atoms with Gasteiger partial charge < -0.3 is 17.0 Å². The van der Waals surface area contributed by atoms with E-state index in [9.17, 15) is 0 Å². The molecular formula is C4H10BrP. The van der Waals surface area contributed by atoms with Crippen molar-refractivity contribution in [3.8, 4) is 0 Å². The van der Waals surface area contributed by atoms with Crippen molar-refractivity contribution >= 4 is 9.24 Å². The summed E-state index contributed by atoms with van der Waals surface area (Å²) in [4.78, 5) is 0. The van der Waals surface area contributed by atoms with Crippen LogP contribution in [0.25, 0.3) is 0 Å². The fourth-order valence-corrected chi connectivity index (χ4v) is 1.07. The van der Waals surface area contributed by atoms with Crippen LogP contribution < -0.4 is 17.0 Å². The molecule has 2 heteroatoms. The van der Waals surface area contributed by atoms with Crippen LogP contribution in [0, 0.1) is 0 Å². The third kappa shape index (κ3) is 1.57. The van der Waals surface area contributed by atoms with E-state index < -0.39 is 0 Å². The third-order valence-corrected chi connectivity index (χ3v) is 2.04. The Morgan fingerprint density at radius 1 is 1.33 bits per heavy atom. The maximum Gasteiger partial charge on any atom is 0.0630 e. The second-order valence-electron chi connectivity index (χ2n) is 1.80. The standard InChI is InChI=1S/C4H9P.BrH/c5-4-2-1-3-4;/h4H,1-3,5H2;1H. The van der Waals surface area contributed by atoms with Crippen LogP contribution in [0.3, 0.4) is 0 Å². The summed E-state index contributed by atoms with van der Waals surface area (Å²) in [5.41, 5.74) is 1.09. The van der Waals surface area contributed by atoms with Crippen molar-refractivity contribution in [2.45, 2.75) is 24.9 Å². The molecule has 1 rings (SSSR count). The molecule has 0 spiro atoms. The smallest absolute Gasteiger partial charge is 0.0630 e. The lowest BCUT2D eigenvalue weighted by Gasteiger charge is -2.13. The minimum Gasteiger partial charge on any atom is -1.00 e. The van der Waals surface area contributed by atoms with Gasteiger partial charge in [-0.2, -0.15) is 0 Å². The topological polar surface area (TPSA) is 0 Å². The molecule has 0 bridgehead atoms. The molecule has 1 unspecified atom stereocenters. The summed E-state index contributed by atoms with van der Waals surface area (Å²) in [7, 11) is 2.14. The van der Waals surface area contributed by atoms with Crippen LogP contribution in [-0.2, 0) is 0 Å². The Morgan fingerprint density at radius 2 is 1.67 bits per heavy atom. The van der Waals surface area contributed by atoms with Crippen LogP contribution in [-0.4, -0.2) is 5.66 Å². The first kappa shape index (κ1) is 6.91. The summed E-state index contributed by atoms with van der Waals surface area (Å²) < 4.78 is 0. The van der Waals surface area contributed by atoms with Gasteiger partial charge in [-0.05, 0) is 28.5 Å². The van der Waals surface area contributed by atoms with Gasteiger partial charge in [0.25, 0.3) is 0 Å². The molecule has 0 aromatic carbocycles. The fourth-order valence-electron chi connectivity index (χ4n) is 0.493. The number of hydrogen-bond acceptors (Lipinski definition) is 0. The van der Waals surface area contributed by atoms with Crippen molar-refractivity contribution in [3.05, 3.63) is 0 Å². The first-order valence-electron chi connectivity index (χ1n) is 2.22. The molecule has 1 aliphatic rings. The van der Waals surface area contributed by atoms with Gasteiger partial charge in [-0.3, -0.25) is 0 Å². The van der Waals surface area contributed by atoms with E-state index in [0.29, 0.717) is 0 Å². The molecule has 1 atom stereocenters. The molecule has 38 valence electrons. The van der Waals surface area contributed by atoms with E-state index in [1.807, 2.05) is 0 Å². The maximum absolute atomic E-state index is 2.14. The molecule has 0 N–H and O–H groups in total. The molecule has 0 saturated heterocycles. The second kappa shape index (κ2) is 2.98. The van der Waals surface area contributed by atoms with Gasteiger partial charge in [0.15, 0.2) is 0 Å². The van der Waals surface area contributed by atoms with Gasteiger partial charge >= 0.3 is 0 Å². The Hall–Kier alpha value is 0.910. The lowest BCUT2D eigenvalue weighted by Crippen LogP contribution is -3.00. The minimum absolute atomic E-state index is 0. The largest absolute Gasteiger partial charge is 1.00 e. The van der Waals surface area contributed by atoms with E-state index in [2.05, 4.69) is 9.24 Å². The first-order valence-corrected chi connectivity index (χ1v) is 3.04. The van der Waals surface area contributed by atoms with E-state index in [1.54, 1.807) is 0 Å². The van der Waals surface area contributed by atoms with Crippen LogP contribution in [0.4, 0.5) is 0 Å². The van der Waals surface area contributed by atoms with E-state index >= 15 is 0 Å². The Kier molecular flexibility index (Phi) is 3.44. The van der Waals surface area contributed by atoms with Crippen LogP contribution in [0.1, 0.15) is 19.3 Å². The molecule has 0 aromatic heterocycles. The molecule has 0 nitrogen and oxygen atoms in total. The summed E-state index contributed by atoms with van der Waals surface area (Å²) in [5.74, 6) is 0. The molecule has 1 fully saturated rings. The van der Waals surface area contributed by atoms with Crippen molar-refractivity contribution in [3.63, 3.8) is 0 Å². The number of halogens is 1. The predicted octanol–water partition coefficient (Wildman–Crippen LogP) is -1.85. The molecule has 0 aliphatic heterocycles. The molecular weight excluding hydrogens is 159 g/mol. The summed E-state index contributed by atoms with van der Waals surface area (Å²) in [5, 5.41) is 0. The van der Waals surface area contributed by atoms with Gasteiger partial charge in [-0.1, -0.05) is 0 Å². The Morgan fingerprint density at radius 3 is 1.67 bits per heavy atom. The summed E-state index contributed by atoms with van der Waals surface area (Å²) in [6, 6.07) is 0.